The molecule has 1 aliphatic rings. The lowest BCUT2D eigenvalue weighted by molar-refractivity contribution is -0.750. The summed E-state index contributed by atoms with van der Waals surface area (Å²) in [4.78, 5) is 13.1. The number of nitrogens with zero attached hydrogens (tertiary/aromatic N) is 4. The number of carbonyl (C=O) groups excluding carboxylic acids is 1. The third-order valence-electron chi connectivity index (χ3n) is 5.18. The number of carbonyl (C=O) groups is 1. The fourth-order valence-electron chi connectivity index (χ4n) is 3.56. The van der Waals surface area contributed by atoms with Gasteiger partial charge < -0.3 is 4.74 Å². The Morgan fingerprint density at radius 3 is 2.44 bits per heavy atom. The van der Waals surface area contributed by atoms with Crippen LogP contribution in [0.5, 0.6) is 0 Å². The number of ether oxygens (including phenoxy) is 1. The first kappa shape index (κ1) is 17.1. The Balaban J connectivity index is 1.69. The van der Waals surface area contributed by atoms with Gasteiger partial charge in [0.2, 0.25) is 6.23 Å². The average Bonchev–Trinajstić information content (AvgIpc) is 3.09. The van der Waals surface area contributed by atoms with Crippen molar-refractivity contribution >= 4 is 22.6 Å². The number of anilines is 1. The Labute approximate surface area is 158 Å². The molecule has 138 valence electrons. The van der Waals surface area contributed by atoms with Crippen LogP contribution in [0.1, 0.15) is 17.4 Å². The van der Waals surface area contributed by atoms with Gasteiger partial charge in [-0.25, -0.2) is 9.80 Å². The van der Waals surface area contributed by atoms with Crippen LogP contribution in [0.25, 0.3) is 10.9 Å². The Morgan fingerprint density at radius 1 is 1.04 bits per heavy atom. The number of fused-ring (bicyclic) bond motifs is 1. The summed E-state index contributed by atoms with van der Waals surface area (Å²) < 4.78 is 9.72. The first-order valence-corrected chi connectivity index (χ1v) is 8.90. The zero-order valence-electron chi connectivity index (χ0n) is 16.0. The molecule has 0 radical (unpaired) electrons. The molecule has 6 nitrogen and oxygen atoms in total. The molecule has 1 unspecified atom stereocenters. The first-order chi connectivity index (χ1) is 13.0. The first-order valence-electron chi connectivity index (χ1n) is 8.90. The summed E-state index contributed by atoms with van der Waals surface area (Å²) in [5.74, 6) is -0.348. The van der Waals surface area contributed by atoms with Crippen LogP contribution in [-0.2, 0) is 18.8 Å². The molecule has 0 amide bonds. The molecular weight excluding hydrogens is 340 g/mol. The molecule has 3 aromatic rings. The lowest BCUT2D eigenvalue weighted by Gasteiger charge is -2.33. The van der Waals surface area contributed by atoms with Crippen molar-refractivity contribution in [3.8, 4) is 0 Å². The third-order valence-corrected chi connectivity index (χ3v) is 5.18. The fourth-order valence-corrected chi connectivity index (χ4v) is 3.56. The Hall–Kier alpha value is -3.28. The van der Waals surface area contributed by atoms with Crippen LogP contribution in [0.3, 0.4) is 0 Å². The minimum absolute atomic E-state index is 0.348. The molecule has 2 aromatic carbocycles. The zero-order chi connectivity index (χ0) is 19.1. The van der Waals surface area contributed by atoms with Gasteiger partial charge >= 0.3 is 11.7 Å². The average molecular weight is 363 g/mol. The van der Waals surface area contributed by atoms with Crippen molar-refractivity contribution in [2.45, 2.75) is 13.2 Å². The number of esters is 1. The second-order valence-corrected chi connectivity index (χ2v) is 6.72. The molecule has 4 rings (SSSR count). The summed E-state index contributed by atoms with van der Waals surface area (Å²) in [5.41, 5.74) is 3.52. The third kappa shape index (κ3) is 2.73. The quantitative estimate of drug-likeness (QED) is 0.530. The lowest BCUT2D eigenvalue weighted by Crippen LogP contribution is -2.46. The molecule has 0 bridgehead atoms. The monoisotopic (exact) mass is 363 g/mol. The zero-order valence-corrected chi connectivity index (χ0v) is 16.0. The van der Waals surface area contributed by atoms with Gasteiger partial charge in [0, 0.05) is 12.7 Å². The number of hydrogen-bond donors (Lipinski definition) is 0. The SMILES string of the molecule is CC1=CC(OC(=O)c2c3ccccc3n(C)[n+]2C)N(c2ccccc2)N1C. The molecule has 0 saturated heterocycles. The van der Waals surface area contributed by atoms with Crippen molar-refractivity contribution in [3.05, 3.63) is 72.1 Å². The number of para-hydroxylation sites is 2. The number of rotatable bonds is 3. The number of hydrogen-bond acceptors (Lipinski definition) is 4. The molecule has 0 fully saturated rings. The van der Waals surface area contributed by atoms with Gasteiger partial charge in [0.1, 0.15) is 5.52 Å². The van der Waals surface area contributed by atoms with Gasteiger partial charge in [0.15, 0.2) is 7.05 Å². The van der Waals surface area contributed by atoms with Crippen molar-refractivity contribution < 1.29 is 14.2 Å². The van der Waals surface area contributed by atoms with E-state index in [1.54, 1.807) is 0 Å². The van der Waals surface area contributed by atoms with E-state index in [-0.39, 0.29) is 5.97 Å². The van der Waals surface area contributed by atoms with Crippen molar-refractivity contribution in [3.63, 3.8) is 0 Å². The highest BCUT2D eigenvalue weighted by Gasteiger charge is 2.35. The van der Waals surface area contributed by atoms with E-state index < -0.39 is 6.23 Å². The van der Waals surface area contributed by atoms with Crippen LogP contribution in [0, 0.1) is 0 Å². The second kappa shape index (κ2) is 6.46. The molecule has 0 N–H and O–H groups in total. The maximum atomic E-state index is 13.1. The summed E-state index contributed by atoms with van der Waals surface area (Å²) in [6.45, 7) is 2.00. The van der Waals surface area contributed by atoms with Gasteiger partial charge in [0.25, 0.3) is 0 Å². The molecule has 2 heterocycles. The van der Waals surface area contributed by atoms with E-state index in [4.69, 9.17) is 4.74 Å². The smallest absolute Gasteiger partial charge is 0.409 e. The van der Waals surface area contributed by atoms with Crippen LogP contribution >= 0.6 is 0 Å². The van der Waals surface area contributed by atoms with Crippen LogP contribution in [0.15, 0.2) is 66.4 Å². The molecule has 27 heavy (non-hydrogen) atoms. The standard InChI is InChI=1S/C21H23N4O2/c1-15-14-19(25(22(15)2)16-10-6-5-7-11-16)27-21(26)20-17-12-8-9-13-18(17)23(3)24(20)4/h5-14,19H,1-4H3/q+1. The summed E-state index contributed by atoms with van der Waals surface area (Å²) >= 11 is 0. The number of aryl methyl sites for hydroxylation is 1. The van der Waals surface area contributed by atoms with E-state index >= 15 is 0 Å². The van der Waals surface area contributed by atoms with Crippen LogP contribution in [-0.4, -0.2) is 28.9 Å². The Kier molecular flexibility index (Phi) is 4.11. The van der Waals surface area contributed by atoms with Crippen molar-refractivity contribution in [2.24, 2.45) is 14.1 Å². The largest absolute Gasteiger partial charge is 0.428 e. The van der Waals surface area contributed by atoms with Crippen LogP contribution < -0.4 is 9.69 Å². The highest BCUT2D eigenvalue weighted by atomic mass is 16.6. The number of hydrazine groups is 1. The maximum absolute atomic E-state index is 13.1. The number of allylic oxidation sites excluding steroid dienone is 1. The molecule has 1 atom stereocenters. The summed E-state index contributed by atoms with van der Waals surface area (Å²) in [5, 5.41) is 4.85. The minimum atomic E-state index is -0.496. The highest BCUT2D eigenvalue weighted by Crippen LogP contribution is 2.29. The van der Waals surface area contributed by atoms with Gasteiger partial charge in [-0.1, -0.05) is 30.3 Å². The maximum Gasteiger partial charge on any atom is 0.409 e. The molecule has 1 aliphatic heterocycles. The highest BCUT2D eigenvalue weighted by molar-refractivity contribution is 6.00. The number of benzene rings is 2. The van der Waals surface area contributed by atoms with E-state index in [2.05, 4.69) is 0 Å². The van der Waals surface area contributed by atoms with E-state index in [0.717, 1.165) is 22.3 Å². The Bertz CT molecular complexity index is 1040. The van der Waals surface area contributed by atoms with Crippen molar-refractivity contribution in [1.29, 1.82) is 0 Å². The van der Waals surface area contributed by atoms with E-state index in [1.807, 2.05) is 108 Å². The van der Waals surface area contributed by atoms with E-state index in [1.165, 1.54) is 0 Å². The summed E-state index contributed by atoms with van der Waals surface area (Å²) in [6, 6.07) is 17.8. The Morgan fingerprint density at radius 2 is 1.70 bits per heavy atom. The topological polar surface area (TPSA) is 41.6 Å². The molecule has 0 aliphatic carbocycles. The van der Waals surface area contributed by atoms with Crippen molar-refractivity contribution in [2.75, 3.05) is 12.1 Å². The molecule has 0 spiro atoms. The van der Waals surface area contributed by atoms with Gasteiger partial charge in [-0.3, -0.25) is 5.01 Å². The summed E-state index contributed by atoms with van der Waals surface area (Å²) in [6.07, 6.45) is 1.46. The van der Waals surface area contributed by atoms with Crippen LogP contribution in [0.4, 0.5) is 5.69 Å². The molecular formula is C21H23N4O2+. The number of aromatic nitrogens is 2. The van der Waals surface area contributed by atoms with Crippen molar-refractivity contribution in [1.82, 2.24) is 9.69 Å². The lowest BCUT2D eigenvalue weighted by atomic mass is 10.2. The predicted octanol–water partition coefficient (Wildman–Crippen LogP) is 2.76. The normalized spacial score (nSPS) is 16.7. The van der Waals surface area contributed by atoms with E-state index in [9.17, 15) is 4.79 Å². The molecule has 0 saturated carbocycles. The van der Waals surface area contributed by atoms with Gasteiger partial charge in [-0.05, 0) is 37.3 Å². The van der Waals surface area contributed by atoms with Gasteiger partial charge in [0.05, 0.1) is 18.1 Å². The molecule has 6 heteroatoms. The fraction of sp³-hybridized carbons (Fsp3) is 0.238. The molecule has 1 aromatic heterocycles. The predicted molar refractivity (Wildman–Crippen MR) is 104 cm³/mol. The van der Waals surface area contributed by atoms with Crippen LogP contribution in [0.2, 0.25) is 0 Å². The second-order valence-electron chi connectivity index (χ2n) is 6.72. The van der Waals surface area contributed by atoms with E-state index in [0.29, 0.717) is 5.69 Å². The summed E-state index contributed by atoms with van der Waals surface area (Å²) in [7, 11) is 5.76. The minimum Gasteiger partial charge on any atom is -0.428 e. The van der Waals surface area contributed by atoms with Gasteiger partial charge in [-0.15, -0.1) is 4.68 Å². The van der Waals surface area contributed by atoms with Gasteiger partial charge in [-0.2, -0.15) is 4.68 Å².